The predicted molar refractivity (Wildman–Crippen MR) is 75.5 cm³/mol. The largest absolute Gasteiger partial charge is 0.484 e. The highest BCUT2D eigenvalue weighted by atomic mass is 16.5. The summed E-state index contributed by atoms with van der Waals surface area (Å²) in [6, 6.07) is 0. The number of carbonyl (C=O) groups excluding carboxylic acids is 1. The van der Waals surface area contributed by atoms with Gasteiger partial charge in [0.1, 0.15) is 5.76 Å². The van der Waals surface area contributed by atoms with Gasteiger partial charge in [0.05, 0.1) is 0 Å². The lowest BCUT2D eigenvalue weighted by atomic mass is 9.94. The third-order valence-electron chi connectivity index (χ3n) is 3.57. The molecule has 0 aromatic rings. The zero-order valence-corrected chi connectivity index (χ0v) is 12.5. The fourth-order valence-corrected chi connectivity index (χ4v) is 2.45. The number of ketones is 1. The molecule has 1 aliphatic rings. The van der Waals surface area contributed by atoms with Crippen molar-refractivity contribution in [3.63, 3.8) is 0 Å². The van der Waals surface area contributed by atoms with Crippen molar-refractivity contribution in [2.45, 2.75) is 84.7 Å². The van der Waals surface area contributed by atoms with E-state index in [2.05, 4.69) is 13.8 Å². The van der Waals surface area contributed by atoms with Gasteiger partial charge < -0.3 is 4.74 Å². The molecule has 0 fully saturated rings. The van der Waals surface area contributed by atoms with Gasteiger partial charge in [-0.3, -0.25) is 4.79 Å². The van der Waals surface area contributed by atoms with Crippen LogP contribution in [0, 0.1) is 0 Å². The molecule has 0 spiro atoms. The Kier molecular flexibility index (Phi) is 5.90. The number of hydrogen-bond donors (Lipinski definition) is 0. The summed E-state index contributed by atoms with van der Waals surface area (Å²) >= 11 is 0. The second-order valence-corrected chi connectivity index (χ2v) is 5.76. The van der Waals surface area contributed by atoms with Crippen LogP contribution in [-0.4, -0.2) is 11.4 Å². The van der Waals surface area contributed by atoms with Crippen molar-refractivity contribution in [2.24, 2.45) is 0 Å². The molecule has 1 heterocycles. The Balaban J connectivity index is 2.66. The molecule has 0 atom stereocenters. The summed E-state index contributed by atoms with van der Waals surface area (Å²) in [7, 11) is 0. The minimum absolute atomic E-state index is 0.213. The van der Waals surface area contributed by atoms with Crippen molar-refractivity contribution in [1.82, 2.24) is 0 Å². The first-order chi connectivity index (χ1) is 8.53. The highest BCUT2D eigenvalue weighted by molar-refractivity contribution is 6.03. The second kappa shape index (κ2) is 6.96. The second-order valence-electron chi connectivity index (χ2n) is 5.76. The standard InChI is InChI=1S/C16H28O2/c1-5-7-9-11-13-14(12-10-8-6-2)18-16(3,4)15(13)17/h5-12H2,1-4H3. The van der Waals surface area contributed by atoms with E-state index in [4.69, 9.17) is 4.74 Å². The summed E-state index contributed by atoms with van der Waals surface area (Å²) in [4.78, 5) is 12.3. The molecule has 1 rings (SSSR count). The van der Waals surface area contributed by atoms with E-state index in [9.17, 15) is 4.79 Å². The maximum atomic E-state index is 12.3. The lowest BCUT2D eigenvalue weighted by molar-refractivity contribution is -0.127. The Bertz CT molecular complexity index is 313. The van der Waals surface area contributed by atoms with Crippen LogP contribution in [0.1, 0.15) is 79.1 Å². The molecule has 104 valence electrons. The summed E-state index contributed by atoms with van der Waals surface area (Å²) in [5, 5.41) is 0. The summed E-state index contributed by atoms with van der Waals surface area (Å²) in [6.45, 7) is 8.17. The minimum Gasteiger partial charge on any atom is -0.484 e. The zero-order valence-electron chi connectivity index (χ0n) is 12.5. The summed E-state index contributed by atoms with van der Waals surface area (Å²) in [5.41, 5.74) is 0.355. The van der Waals surface area contributed by atoms with Crippen molar-refractivity contribution in [1.29, 1.82) is 0 Å². The van der Waals surface area contributed by atoms with Crippen LogP contribution in [0.25, 0.3) is 0 Å². The van der Waals surface area contributed by atoms with E-state index < -0.39 is 5.60 Å². The van der Waals surface area contributed by atoms with Crippen LogP contribution in [0.2, 0.25) is 0 Å². The van der Waals surface area contributed by atoms with Gasteiger partial charge in [0, 0.05) is 12.0 Å². The molecule has 0 saturated heterocycles. The fraction of sp³-hybridized carbons (Fsp3) is 0.812. The van der Waals surface area contributed by atoms with Gasteiger partial charge in [-0.1, -0.05) is 39.5 Å². The quantitative estimate of drug-likeness (QED) is 0.581. The smallest absolute Gasteiger partial charge is 0.205 e. The Morgan fingerprint density at radius 3 is 2.06 bits per heavy atom. The number of ether oxygens (including phenoxy) is 1. The molecule has 0 amide bonds. The molecule has 2 nitrogen and oxygen atoms in total. The average Bonchev–Trinajstić information content (AvgIpc) is 2.53. The van der Waals surface area contributed by atoms with Crippen molar-refractivity contribution in [3.05, 3.63) is 11.3 Å². The third kappa shape index (κ3) is 3.86. The van der Waals surface area contributed by atoms with Gasteiger partial charge in [-0.05, 0) is 33.1 Å². The number of unbranched alkanes of at least 4 members (excludes halogenated alkanes) is 4. The van der Waals surface area contributed by atoms with Crippen molar-refractivity contribution < 1.29 is 9.53 Å². The zero-order chi connectivity index (χ0) is 13.6. The first kappa shape index (κ1) is 15.3. The van der Waals surface area contributed by atoms with Gasteiger partial charge in [-0.25, -0.2) is 0 Å². The number of hydrogen-bond acceptors (Lipinski definition) is 2. The van der Waals surface area contributed by atoms with E-state index in [1.807, 2.05) is 13.8 Å². The van der Waals surface area contributed by atoms with Crippen LogP contribution >= 0.6 is 0 Å². The van der Waals surface area contributed by atoms with E-state index in [0.29, 0.717) is 0 Å². The number of rotatable bonds is 8. The SMILES string of the molecule is CCCCCC1=C(CCCCC)C(=O)C(C)(C)O1. The Morgan fingerprint density at radius 2 is 1.50 bits per heavy atom. The van der Waals surface area contributed by atoms with Crippen LogP contribution in [0.3, 0.4) is 0 Å². The monoisotopic (exact) mass is 252 g/mol. The lowest BCUT2D eigenvalue weighted by Crippen LogP contribution is -2.29. The maximum absolute atomic E-state index is 12.3. The molecule has 0 saturated carbocycles. The Labute approximate surface area is 112 Å². The van der Waals surface area contributed by atoms with Crippen LogP contribution < -0.4 is 0 Å². The number of allylic oxidation sites excluding steroid dienone is 1. The van der Waals surface area contributed by atoms with E-state index in [1.54, 1.807) is 0 Å². The van der Waals surface area contributed by atoms with E-state index in [0.717, 1.165) is 37.0 Å². The first-order valence-corrected chi connectivity index (χ1v) is 7.48. The van der Waals surface area contributed by atoms with Crippen molar-refractivity contribution >= 4 is 5.78 Å². The van der Waals surface area contributed by atoms with Crippen LogP contribution in [0.4, 0.5) is 0 Å². The average molecular weight is 252 g/mol. The molecule has 1 aliphatic heterocycles. The fourth-order valence-electron chi connectivity index (χ4n) is 2.45. The molecule has 0 aliphatic carbocycles. The summed E-state index contributed by atoms with van der Waals surface area (Å²) < 4.78 is 5.88. The van der Waals surface area contributed by atoms with E-state index >= 15 is 0 Å². The van der Waals surface area contributed by atoms with Crippen LogP contribution in [0.5, 0.6) is 0 Å². The normalized spacial score (nSPS) is 18.3. The topological polar surface area (TPSA) is 26.3 Å². The van der Waals surface area contributed by atoms with E-state index in [-0.39, 0.29) is 5.78 Å². The first-order valence-electron chi connectivity index (χ1n) is 7.48. The highest BCUT2D eigenvalue weighted by Crippen LogP contribution is 2.35. The Hall–Kier alpha value is -0.790. The Morgan fingerprint density at radius 1 is 0.944 bits per heavy atom. The van der Waals surface area contributed by atoms with Gasteiger partial charge in [0.2, 0.25) is 5.78 Å². The highest BCUT2D eigenvalue weighted by Gasteiger charge is 2.40. The molecule has 0 aromatic carbocycles. The van der Waals surface area contributed by atoms with Crippen LogP contribution in [0.15, 0.2) is 11.3 Å². The molecule has 0 N–H and O–H groups in total. The predicted octanol–water partition coefficient (Wildman–Crippen LogP) is 4.78. The molecule has 0 unspecified atom stereocenters. The molecule has 0 bridgehead atoms. The van der Waals surface area contributed by atoms with Gasteiger partial charge in [0.15, 0.2) is 5.60 Å². The molecule has 2 heteroatoms. The molecule has 0 aromatic heterocycles. The third-order valence-corrected chi connectivity index (χ3v) is 3.57. The van der Waals surface area contributed by atoms with Gasteiger partial charge in [-0.2, -0.15) is 0 Å². The number of Topliss-reactive ketones (excluding diaryl/α,β-unsaturated/α-hetero) is 1. The van der Waals surface area contributed by atoms with E-state index in [1.165, 1.54) is 25.7 Å². The summed E-state index contributed by atoms with van der Waals surface area (Å²) in [6.07, 6.45) is 8.87. The number of carbonyl (C=O) groups is 1. The van der Waals surface area contributed by atoms with Gasteiger partial charge >= 0.3 is 0 Å². The lowest BCUT2D eigenvalue weighted by Gasteiger charge is -2.17. The van der Waals surface area contributed by atoms with Gasteiger partial charge in [0.25, 0.3) is 0 Å². The summed E-state index contributed by atoms with van der Waals surface area (Å²) in [5.74, 6) is 1.19. The minimum atomic E-state index is -0.622. The van der Waals surface area contributed by atoms with Gasteiger partial charge in [-0.15, -0.1) is 0 Å². The molecular weight excluding hydrogens is 224 g/mol. The van der Waals surface area contributed by atoms with Crippen LogP contribution in [-0.2, 0) is 9.53 Å². The van der Waals surface area contributed by atoms with Crippen molar-refractivity contribution in [3.8, 4) is 0 Å². The molecular formula is C16H28O2. The molecule has 18 heavy (non-hydrogen) atoms. The maximum Gasteiger partial charge on any atom is 0.205 e. The van der Waals surface area contributed by atoms with Crippen molar-refractivity contribution in [2.75, 3.05) is 0 Å². The molecule has 0 radical (unpaired) electrons.